The van der Waals surface area contributed by atoms with Gasteiger partial charge in [-0.05, 0) is 25.0 Å². The molecule has 1 unspecified atom stereocenters. The second-order valence-corrected chi connectivity index (χ2v) is 3.61. The Bertz CT molecular complexity index is 340. The molecule has 2 nitrogen and oxygen atoms in total. The fourth-order valence-electron chi connectivity index (χ4n) is 1.43. The van der Waals surface area contributed by atoms with Crippen LogP contribution in [0, 0.1) is 11.6 Å². The van der Waals surface area contributed by atoms with Gasteiger partial charge < -0.3 is 10.5 Å². The molecule has 0 radical (unpaired) electrons. The lowest BCUT2D eigenvalue weighted by molar-refractivity contribution is 0.177. The van der Waals surface area contributed by atoms with E-state index in [1.165, 1.54) is 19.2 Å². The summed E-state index contributed by atoms with van der Waals surface area (Å²) < 4.78 is 31.6. The SMILES string of the molecule is COCc1c(F)ccc(CC(C)N)c1F. The number of rotatable bonds is 4. The molecule has 0 aliphatic rings. The topological polar surface area (TPSA) is 35.2 Å². The molecule has 0 aliphatic carbocycles. The van der Waals surface area contributed by atoms with E-state index in [0.717, 1.165) is 0 Å². The van der Waals surface area contributed by atoms with Crippen molar-refractivity contribution in [3.63, 3.8) is 0 Å². The standard InChI is InChI=1S/C11H15F2NO/c1-7(14)5-8-3-4-10(12)9(6-15-2)11(8)13/h3-4,7H,5-6,14H2,1-2H3. The van der Waals surface area contributed by atoms with Crippen LogP contribution < -0.4 is 5.73 Å². The molecule has 2 N–H and O–H groups in total. The zero-order valence-corrected chi connectivity index (χ0v) is 8.89. The van der Waals surface area contributed by atoms with Crippen LogP contribution in [0.3, 0.4) is 0 Å². The summed E-state index contributed by atoms with van der Waals surface area (Å²) in [5.41, 5.74) is 5.96. The molecular formula is C11H15F2NO. The number of hydrogen-bond donors (Lipinski definition) is 1. The smallest absolute Gasteiger partial charge is 0.134 e. The quantitative estimate of drug-likeness (QED) is 0.833. The van der Waals surface area contributed by atoms with E-state index in [9.17, 15) is 8.78 Å². The summed E-state index contributed by atoms with van der Waals surface area (Å²) in [6.45, 7) is 1.71. The Labute approximate surface area is 88.0 Å². The van der Waals surface area contributed by atoms with Crippen LogP contribution in [-0.4, -0.2) is 13.2 Å². The molecule has 1 aromatic carbocycles. The third-order valence-electron chi connectivity index (χ3n) is 2.10. The normalized spacial score (nSPS) is 12.9. The van der Waals surface area contributed by atoms with Crippen molar-refractivity contribution in [1.29, 1.82) is 0 Å². The van der Waals surface area contributed by atoms with Crippen LogP contribution in [0.25, 0.3) is 0 Å². The fraction of sp³-hybridized carbons (Fsp3) is 0.455. The number of hydrogen-bond acceptors (Lipinski definition) is 2. The van der Waals surface area contributed by atoms with Gasteiger partial charge in [0.1, 0.15) is 11.6 Å². The molecule has 0 fully saturated rings. The Morgan fingerprint density at radius 2 is 2.07 bits per heavy atom. The Morgan fingerprint density at radius 1 is 1.40 bits per heavy atom. The van der Waals surface area contributed by atoms with Crippen LogP contribution in [0.1, 0.15) is 18.1 Å². The third-order valence-corrected chi connectivity index (χ3v) is 2.10. The summed E-state index contributed by atoms with van der Waals surface area (Å²) in [7, 11) is 1.40. The van der Waals surface area contributed by atoms with E-state index < -0.39 is 11.6 Å². The van der Waals surface area contributed by atoms with Gasteiger partial charge in [0, 0.05) is 18.7 Å². The molecule has 1 aromatic rings. The van der Waals surface area contributed by atoms with E-state index in [2.05, 4.69) is 0 Å². The number of ether oxygens (including phenoxy) is 1. The van der Waals surface area contributed by atoms with Gasteiger partial charge in [-0.15, -0.1) is 0 Å². The van der Waals surface area contributed by atoms with Gasteiger partial charge in [0.25, 0.3) is 0 Å². The summed E-state index contributed by atoms with van der Waals surface area (Å²) in [4.78, 5) is 0. The summed E-state index contributed by atoms with van der Waals surface area (Å²) >= 11 is 0. The number of halogens is 2. The van der Waals surface area contributed by atoms with E-state index in [1.807, 2.05) is 0 Å². The Kier molecular flexibility index (Phi) is 4.17. The highest BCUT2D eigenvalue weighted by molar-refractivity contribution is 5.27. The monoisotopic (exact) mass is 215 g/mol. The first kappa shape index (κ1) is 12.1. The molecule has 1 rings (SSSR count). The second kappa shape index (κ2) is 5.19. The van der Waals surface area contributed by atoms with Crippen molar-refractivity contribution >= 4 is 0 Å². The van der Waals surface area contributed by atoms with Crippen molar-refractivity contribution in [2.45, 2.75) is 26.0 Å². The van der Waals surface area contributed by atoms with Gasteiger partial charge in [-0.2, -0.15) is 0 Å². The molecule has 1 atom stereocenters. The van der Waals surface area contributed by atoms with Crippen LogP contribution in [0.5, 0.6) is 0 Å². The highest BCUT2D eigenvalue weighted by Gasteiger charge is 2.13. The van der Waals surface area contributed by atoms with E-state index in [-0.39, 0.29) is 18.2 Å². The molecule has 0 amide bonds. The third kappa shape index (κ3) is 2.97. The van der Waals surface area contributed by atoms with Crippen LogP contribution in [0.15, 0.2) is 12.1 Å². The minimum absolute atomic E-state index is 0.0318. The number of methoxy groups -OCH3 is 1. The highest BCUT2D eigenvalue weighted by atomic mass is 19.1. The fourth-order valence-corrected chi connectivity index (χ4v) is 1.43. The van der Waals surface area contributed by atoms with Crippen LogP contribution >= 0.6 is 0 Å². The lowest BCUT2D eigenvalue weighted by atomic mass is 10.0. The lowest BCUT2D eigenvalue weighted by Crippen LogP contribution is -2.19. The van der Waals surface area contributed by atoms with Crippen LogP contribution in [-0.2, 0) is 17.8 Å². The first-order chi connectivity index (χ1) is 7.06. The lowest BCUT2D eigenvalue weighted by Gasteiger charge is -2.10. The molecule has 0 bridgehead atoms. The Morgan fingerprint density at radius 3 is 2.60 bits per heavy atom. The van der Waals surface area contributed by atoms with Crippen molar-refractivity contribution in [3.05, 3.63) is 34.9 Å². The van der Waals surface area contributed by atoms with Crippen molar-refractivity contribution < 1.29 is 13.5 Å². The minimum atomic E-state index is -0.581. The molecule has 0 aromatic heterocycles. The molecule has 84 valence electrons. The van der Waals surface area contributed by atoms with Crippen molar-refractivity contribution in [1.82, 2.24) is 0 Å². The Balaban J connectivity index is 3.04. The molecule has 0 saturated carbocycles. The van der Waals surface area contributed by atoms with Gasteiger partial charge >= 0.3 is 0 Å². The molecule has 0 spiro atoms. The van der Waals surface area contributed by atoms with E-state index in [0.29, 0.717) is 12.0 Å². The van der Waals surface area contributed by atoms with Crippen molar-refractivity contribution in [2.24, 2.45) is 5.73 Å². The van der Waals surface area contributed by atoms with Crippen LogP contribution in [0.4, 0.5) is 8.78 Å². The summed E-state index contributed by atoms with van der Waals surface area (Å²) in [5.74, 6) is -1.13. The van der Waals surface area contributed by atoms with Gasteiger partial charge in [-0.3, -0.25) is 0 Å². The summed E-state index contributed by atoms with van der Waals surface area (Å²) in [6, 6.07) is 2.52. The molecule has 0 saturated heterocycles. The maximum Gasteiger partial charge on any atom is 0.134 e. The molecule has 0 heterocycles. The molecular weight excluding hydrogens is 200 g/mol. The van der Waals surface area contributed by atoms with Crippen LogP contribution in [0.2, 0.25) is 0 Å². The van der Waals surface area contributed by atoms with Gasteiger partial charge in [-0.1, -0.05) is 6.07 Å². The average Bonchev–Trinajstić information content (AvgIpc) is 2.16. The van der Waals surface area contributed by atoms with Crippen molar-refractivity contribution in [2.75, 3.05) is 7.11 Å². The minimum Gasteiger partial charge on any atom is -0.380 e. The second-order valence-electron chi connectivity index (χ2n) is 3.61. The maximum atomic E-state index is 13.7. The van der Waals surface area contributed by atoms with Gasteiger partial charge in [0.2, 0.25) is 0 Å². The molecule has 0 aliphatic heterocycles. The highest BCUT2D eigenvalue weighted by Crippen LogP contribution is 2.18. The Hall–Kier alpha value is -1.00. The van der Waals surface area contributed by atoms with Gasteiger partial charge in [-0.25, -0.2) is 8.78 Å². The summed E-state index contributed by atoms with van der Waals surface area (Å²) in [6.07, 6.45) is 0.392. The molecule has 4 heteroatoms. The first-order valence-corrected chi connectivity index (χ1v) is 4.76. The molecule has 15 heavy (non-hydrogen) atoms. The van der Waals surface area contributed by atoms with Gasteiger partial charge in [0.15, 0.2) is 0 Å². The van der Waals surface area contributed by atoms with E-state index >= 15 is 0 Å². The first-order valence-electron chi connectivity index (χ1n) is 4.76. The predicted molar refractivity (Wildman–Crippen MR) is 54.4 cm³/mol. The van der Waals surface area contributed by atoms with Crippen molar-refractivity contribution in [3.8, 4) is 0 Å². The number of nitrogens with two attached hydrogens (primary N) is 1. The predicted octanol–water partition coefficient (Wildman–Crippen LogP) is 2.00. The maximum absolute atomic E-state index is 13.7. The number of benzene rings is 1. The zero-order valence-electron chi connectivity index (χ0n) is 8.89. The zero-order chi connectivity index (χ0) is 11.4. The average molecular weight is 215 g/mol. The summed E-state index contributed by atoms with van der Waals surface area (Å²) in [5, 5.41) is 0. The van der Waals surface area contributed by atoms with E-state index in [4.69, 9.17) is 10.5 Å². The van der Waals surface area contributed by atoms with Gasteiger partial charge in [0.05, 0.1) is 6.61 Å². The largest absolute Gasteiger partial charge is 0.380 e. The van der Waals surface area contributed by atoms with E-state index in [1.54, 1.807) is 6.92 Å².